The largest absolute Gasteiger partial charge is 0.381 e. The quantitative estimate of drug-likeness (QED) is 0.450. The average Bonchev–Trinajstić information content (AvgIpc) is 3.44. The first-order valence-corrected chi connectivity index (χ1v) is 13.2. The molecule has 38 heavy (non-hydrogen) atoms. The molecule has 2 saturated carbocycles. The molecule has 1 aliphatic heterocycles. The van der Waals surface area contributed by atoms with E-state index in [1.807, 2.05) is 35.9 Å². The summed E-state index contributed by atoms with van der Waals surface area (Å²) in [6.45, 7) is 2.75. The van der Waals surface area contributed by atoms with Crippen LogP contribution in [0.1, 0.15) is 83.9 Å². The van der Waals surface area contributed by atoms with Crippen LogP contribution in [-0.2, 0) is 30.3 Å². The highest BCUT2D eigenvalue weighted by molar-refractivity contribution is 6.10. The number of alkyl halides is 2. The normalized spacial score (nSPS) is 23.9. The molecule has 0 spiro atoms. The Bertz CT molecular complexity index is 1380. The zero-order valence-electron chi connectivity index (χ0n) is 22.0. The summed E-state index contributed by atoms with van der Waals surface area (Å²) in [6, 6.07) is 11.2. The summed E-state index contributed by atoms with van der Waals surface area (Å²) >= 11 is 0. The van der Waals surface area contributed by atoms with E-state index >= 15 is 0 Å². The monoisotopic (exact) mass is 521 g/mol. The SMILES string of the molecule is CO[C@H]1C[C@@](c2cccc(N3Cc4c(cc(CNC5(C)CCC5)cc4C(F)F)C3=O)c2)(c2nncn2C)C1. The zero-order chi connectivity index (χ0) is 26.7. The number of halogens is 2. The van der Waals surface area contributed by atoms with Gasteiger partial charge in [0.1, 0.15) is 12.2 Å². The Balaban J connectivity index is 1.32. The Morgan fingerprint density at radius 3 is 2.63 bits per heavy atom. The van der Waals surface area contributed by atoms with Crippen molar-refractivity contribution >= 4 is 11.6 Å². The van der Waals surface area contributed by atoms with Gasteiger partial charge in [-0.05, 0) is 80.0 Å². The molecule has 1 aromatic heterocycles. The van der Waals surface area contributed by atoms with Crippen LogP contribution in [0.5, 0.6) is 0 Å². The molecule has 200 valence electrons. The molecule has 3 aromatic rings. The van der Waals surface area contributed by atoms with E-state index in [0.29, 0.717) is 23.4 Å². The van der Waals surface area contributed by atoms with Crippen molar-refractivity contribution < 1.29 is 18.3 Å². The van der Waals surface area contributed by atoms with Gasteiger partial charge in [0.25, 0.3) is 12.3 Å². The van der Waals surface area contributed by atoms with E-state index in [1.165, 1.54) is 6.42 Å². The highest BCUT2D eigenvalue weighted by Gasteiger charge is 2.50. The Morgan fingerprint density at radius 2 is 2.00 bits per heavy atom. The fourth-order valence-electron chi connectivity index (χ4n) is 6.32. The lowest BCUT2D eigenvalue weighted by Gasteiger charge is -2.46. The molecule has 0 radical (unpaired) electrons. The second-order valence-electron chi connectivity index (χ2n) is 11.3. The molecular formula is C29H33F2N5O2. The van der Waals surface area contributed by atoms with Crippen molar-refractivity contribution in [3.8, 4) is 0 Å². The van der Waals surface area contributed by atoms with E-state index in [-0.39, 0.29) is 35.1 Å². The highest BCUT2D eigenvalue weighted by Crippen LogP contribution is 2.50. The topological polar surface area (TPSA) is 72.3 Å². The third kappa shape index (κ3) is 4.03. The van der Waals surface area contributed by atoms with Crippen LogP contribution >= 0.6 is 0 Å². The van der Waals surface area contributed by atoms with Crippen molar-refractivity contribution in [3.63, 3.8) is 0 Å². The van der Waals surface area contributed by atoms with Crippen LogP contribution in [0.4, 0.5) is 14.5 Å². The third-order valence-electron chi connectivity index (χ3n) is 8.88. The Labute approximate surface area is 221 Å². The number of carbonyl (C=O) groups is 1. The summed E-state index contributed by atoms with van der Waals surface area (Å²) in [5, 5.41) is 12.0. The van der Waals surface area contributed by atoms with Gasteiger partial charge in [-0.15, -0.1) is 10.2 Å². The first-order valence-electron chi connectivity index (χ1n) is 13.2. The molecule has 0 bridgehead atoms. The number of aryl methyl sites for hydroxylation is 1. The molecule has 0 saturated heterocycles. The van der Waals surface area contributed by atoms with Crippen LogP contribution in [0, 0.1) is 0 Å². The van der Waals surface area contributed by atoms with Gasteiger partial charge in [0.2, 0.25) is 0 Å². The molecule has 0 unspecified atom stereocenters. The first kappa shape index (κ1) is 25.1. The Hall–Kier alpha value is -3.17. The number of carbonyl (C=O) groups excluding carboxylic acids is 1. The van der Waals surface area contributed by atoms with Gasteiger partial charge in [-0.1, -0.05) is 12.1 Å². The van der Waals surface area contributed by atoms with Crippen LogP contribution in [0.2, 0.25) is 0 Å². The zero-order valence-corrected chi connectivity index (χ0v) is 22.0. The lowest BCUT2D eigenvalue weighted by Crippen LogP contribution is -2.48. The molecule has 1 N–H and O–H groups in total. The van der Waals surface area contributed by atoms with Crippen molar-refractivity contribution in [1.82, 2.24) is 20.1 Å². The number of anilines is 1. The van der Waals surface area contributed by atoms with Crippen LogP contribution in [0.15, 0.2) is 42.7 Å². The van der Waals surface area contributed by atoms with Crippen LogP contribution in [0.3, 0.4) is 0 Å². The maximum absolute atomic E-state index is 14.2. The maximum Gasteiger partial charge on any atom is 0.264 e. The molecular weight excluding hydrogens is 488 g/mol. The van der Waals surface area contributed by atoms with Crippen molar-refractivity contribution in [2.45, 2.75) is 75.6 Å². The van der Waals surface area contributed by atoms with Gasteiger partial charge in [-0.25, -0.2) is 8.78 Å². The number of fused-ring (bicyclic) bond motifs is 1. The average molecular weight is 522 g/mol. The van der Waals surface area contributed by atoms with E-state index in [1.54, 1.807) is 30.5 Å². The van der Waals surface area contributed by atoms with Crippen molar-refractivity contribution in [3.05, 3.63) is 76.4 Å². The number of amides is 1. The molecule has 2 heterocycles. The fraction of sp³-hybridized carbons (Fsp3) is 0.483. The molecule has 9 heteroatoms. The summed E-state index contributed by atoms with van der Waals surface area (Å²) < 4.78 is 35.9. The van der Waals surface area contributed by atoms with Gasteiger partial charge in [-0.2, -0.15) is 0 Å². The third-order valence-corrected chi connectivity index (χ3v) is 8.88. The van der Waals surface area contributed by atoms with Crippen LogP contribution < -0.4 is 10.2 Å². The first-order chi connectivity index (χ1) is 18.2. The number of aromatic nitrogens is 3. The predicted molar refractivity (Wildman–Crippen MR) is 139 cm³/mol. The summed E-state index contributed by atoms with van der Waals surface area (Å²) in [4.78, 5) is 15.2. The van der Waals surface area contributed by atoms with E-state index in [2.05, 4.69) is 22.4 Å². The second kappa shape index (κ2) is 9.24. The molecule has 1 amide bonds. The molecule has 2 fully saturated rings. The molecule has 2 aromatic carbocycles. The van der Waals surface area contributed by atoms with Gasteiger partial charge in [0.05, 0.1) is 18.1 Å². The van der Waals surface area contributed by atoms with Gasteiger partial charge in [-0.3, -0.25) is 4.79 Å². The summed E-state index contributed by atoms with van der Waals surface area (Å²) in [7, 11) is 3.63. The minimum atomic E-state index is -2.65. The van der Waals surface area contributed by atoms with Crippen LogP contribution in [0.25, 0.3) is 0 Å². The number of ether oxygens (including phenoxy) is 1. The van der Waals surface area contributed by atoms with Gasteiger partial charge in [0.15, 0.2) is 0 Å². The molecule has 2 aliphatic carbocycles. The van der Waals surface area contributed by atoms with Crippen molar-refractivity contribution in [1.29, 1.82) is 0 Å². The minimum Gasteiger partial charge on any atom is -0.381 e. The smallest absolute Gasteiger partial charge is 0.264 e. The molecule has 3 aliphatic rings. The van der Waals surface area contributed by atoms with E-state index in [9.17, 15) is 13.6 Å². The summed E-state index contributed by atoms with van der Waals surface area (Å²) in [5.74, 6) is 0.600. The number of hydrogen-bond acceptors (Lipinski definition) is 5. The standard InChI is InChI=1S/C29H33F2N5O2/c1-28(8-5-9-28)32-15-18-10-22(25(30)31)24-16-36(26(37)23(24)11-18)20-7-4-6-19(12-20)29(13-21(14-29)38-3)27-34-33-17-35(27)2/h4,6-7,10-12,17,21,25,32H,5,8-9,13-16H2,1-3H3/t21-,29+. The van der Waals surface area contributed by atoms with Gasteiger partial charge in [0, 0.05) is 43.1 Å². The number of hydrogen-bond donors (Lipinski definition) is 1. The number of nitrogens with one attached hydrogen (secondary N) is 1. The van der Waals surface area contributed by atoms with E-state index in [0.717, 1.165) is 42.6 Å². The Kier molecular flexibility index (Phi) is 6.11. The predicted octanol–water partition coefficient (Wildman–Crippen LogP) is 5.04. The maximum atomic E-state index is 14.2. The fourth-order valence-corrected chi connectivity index (χ4v) is 6.32. The molecule has 7 nitrogen and oxygen atoms in total. The number of benzene rings is 2. The highest BCUT2D eigenvalue weighted by atomic mass is 19.3. The lowest BCUT2D eigenvalue weighted by atomic mass is 9.62. The van der Waals surface area contributed by atoms with Gasteiger partial charge >= 0.3 is 0 Å². The van der Waals surface area contributed by atoms with Crippen molar-refractivity contribution in [2.24, 2.45) is 7.05 Å². The number of methoxy groups -OCH3 is 1. The molecule has 0 atom stereocenters. The van der Waals surface area contributed by atoms with Crippen molar-refractivity contribution in [2.75, 3.05) is 12.0 Å². The van der Waals surface area contributed by atoms with Crippen LogP contribution in [-0.4, -0.2) is 39.4 Å². The lowest BCUT2D eigenvalue weighted by molar-refractivity contribution is -0.00696. The summed E-state index contributed by atoms with van der Waals surface area (Å²) in [5.41, 5.74) is 2.81. The second-order valence-corrected chi connectivity index (χ2v) is 11.3. The van der Waals surface area contributed by atoms with Gasteiger partial charge < -0.3 is 19.5 Å². The minimum absolute atomic E-state index is 0.0442. The number of rotatable bonds is 8. The van der Waals surface area contributed by atoms with E-state index in [4.69, 9.17) is 4.74 Å². The summed E-state index contributed by atoms with van der Waals surface area (Å²) in [6.07, 6.45) is 3.96. The van der Waals surface area contributed by atoms with E-state index < -0.39 is 6.43 Å². The molecule has 6 rings (SSSR count). The Morgan fingerprint density at radius 1 is 1.21 bits per heavy atom. The number of nitrogens with zero attached hydrogens (tertiary/aromatic N) is 4.